The average molecular weight is 613 g/mol. The van der Waals surface area contributed by atoms with Gasteiger partial charge >= 0.3 is 5.97 Å². The van der Waals surface area contributed by atoms with Crippen LogP contribution < -0.4 is 10.2 Å². The Labute approximate surface area is 213 Å². The van der Waals surface area contributed by atoms with Crippen LogP contribution in [0.1, 0.15) is 21.5 Å². The van der Waals surface area contributed by atoms with Crippen LogP contribution >= 0.6 is 38.5 Å². The van der Waals surface area contributed by atoms with Crippen LogP contribution in [-0.4, -0.2) is 18.1 Å². The maximum absolute atomic E-state index is 12.4. The second kappa shape index (κ2) is 10.7. The van der Waals surface area contributed by atoms with Gasteiger partial charge in [-0.05, 0) is 87.0 Å². The summed E-state index contributed by atoms with van der Waals surface area (Å²) in [6.07, 6.45) is 1.77. The number of nitrogens with one attached hydrogen (secondary N) is 1. The van der Waals surface area contributed by atoms with Crippen LogP contribution in [0.3, 0.4) is 0 Å². The molecule has 0 saturated carbocycles. The molecule has 1 amide bonds. The minimum absolute atomic E-state index is 0.207. The number of halogens is 2. The minimum atomic E-state index is -0.408. The third kappa shape index (κ3) is 5.85. The summed E-state index contributed by atoms with van der Waals surface area (Å²) in [5.41, 5.74) is 4.78. The minimum Gasteiger partial charge on any atom is -0.423 e. The van der Waals surface area contributed by atoms with Crippen molar-refractivity contribution in [2.45, 2.75) is 6.42 Å². The lowest BCUT2D eigenvalue weighted by Gasteiger charge is -2.07. The SMILES string of the molecule is O=C(Cc1ccc(Br)c2ccccc12)N/N=C/c1ccc(OC(=O)c2ccccc2I)cc1. The summed E-state index contributed by atoms with van der Waals surface area (Å²) in [7, 11) is 0. The number of esters is 1. The molecule has 164 valence electrons. The van der Waals surface area contributed by atoms with E-state index < -0.39 is 5.97 Å². The lowest BCUT2D eigenvalue weighted by Crippen LogP contribution is -2.19. The zero-order valence-corrected chi connectivity index (χ0v) is 21.0. The quantitative estimate of drug-likeness (QED) is 0.0938. The van der Waals surface area contributed by atoms with Crippen molar-refractivity contribution in [2.75, 3.05) is 0 Å². The number of hydrogen-bond acceptors (Lipinski definition) is 4. The lowest BCUT2D eigenvalue weighted by atomic mass is 10.0. The van der Waals surface area contributed by atoms with Crippen molar-refractivity contribution >= 4 is 67.4 Å². The van der Waals surface area contributed by atoms with E-state index >= 15 is 0 Å². The van der Waals surface area contributed by atoms with Crippen molar-refractivity contribution in [3.8, 4) is 5.75 Å². The number of carbonyl (C=O) groups is 2. The molecular weight excluding hydrogens is 595 g/mol. The third-order valence-electron chi connectivity index (χ3n) is 4.90. The zero-order valence-electron chi connectivity index (χ0n) is 17.3. The van der Waals surface area contributed by atoms with Crippen LogP contribution in [0, 0.1) is 3.57 Å². The maximum atomic E-state index is 12.4. The van der Waals surface area contributed by atoms with E-state index in [4.69, 9.17) is 4.74 Å². The summed E-state index contributed by atoms with van der Waals surface area (Å²) in [5, 5.41) is 6.14. The van der Waals surface area contributed by atoms with E-state index in [1.807, 2.05) is 48.5 Å². The Kier molecular flexibility index (Phi) is 7.51. The molecule has 0 aliphatic rings. The van der Waals surface area contributed by atoms with Gasteiger partial charge in [-0.25, -0.2) is 10.2 Å². The first-order valence-electron chi connectivity index (χ1n) is 10.1. The van der Waals surface area contributed by atoms with E-state index in [1.165, 1.54) is 0 Å². The zero-order chi connectivity index (χ0) is 23.2. The topological polar surface area (TPSA) is 67.8 Å². The normalized spacial score (nSPS) is 11.0. The van der Waals surface area contributed by atoms with Crippen LogP contribution in [0.4, 0.5) is 0 Å². The first-order chi connectivity index (χ1) is 16.0. The van der Waals surface area contributed by atoms with Gasteiger partial charge in [0.05, 0.1) is 18.2 Å². The summed E-state index contributed by atoms with van der Waals surface area (Å²) in [5.74, 6) is -0.182. The molecule has 0 aliphatic carbocycles. The number of hydrogen-bond donors (Lipinski definition) is 1. The fourth-order valence-corrected chi connectivity index (χ4v) is 4.37. The van der Waals surface area contributed by atoms with Crippen LogP contribution in [-0.2, 0) is 11.2 Å². The van der Waals surface area contributed by atoms with Crippen LogP contribution in [0.25, 0.3) is 10.8 Å². The Balaban J connectivity index is 1.34. The van der Waals surface area contributed by atoms with E-state index in [2.05, 4.69) is 49.0 Å². The van der Waals surface area contributed by atoms with Crippen molar-refractivity contribution < 1.29 is 14.3 Å². The number of ether oxygens (including phenoxy) is 1. The molecule has 4 aromatic rings. The van der Waals surface area contributed by atoms with Crippen molar-refractivity contribution in [2.24, 2.45) is 5.10 Å². The number of nitrogens with zero attached hydrogens (tertiary/aromatic N) is 1. The summed E-state index contributed by atoms with van der Waals surface area (Å²) in [6.45, 7) is 0. The second-order valence-electron chi connectivity index (χ2n) is 7.16. The molecule has 0 spiro atoms. The van der Waals surface area contributed by atoms with E-state index in [1.54, 1.807) is 42.6 Å². The predicted octanol–water partition coefficient (Wildman–Crippen LogP) is 6.12. The van der Waals surface area contributed by atoms with Crippen molar-refractivity contribution in [3.05, 3.63) is 110 Å². The molecule has 0 unspecified atom stereocenters. The first kappa shape index (κ1) is 23.1. The molecule has 33 heavy (non-hydrogen) atoms. The molecule has 4 rings (SSSR count). The fraction of sp³-hybridized carbons (Fsp3) is 0.0385. The largest absolute Gasteiger partial charge is 0.423 e. The Hall–Kier alpha value is -3.04. The van der Waals surface area contributed by atoms with Gasteiger partial charge in [0.1, 0.15) is 5.75 Å². The van der Waals surface area contributed by atoms with Gasteiger partial charge in [-0.15, -0.1) is 0 Å². The predicted molar refractivity (Wildman–Crippen MR) is 142 cm³/mol. The number of amides is 1. The van der Waals surface area contributed by atoms with Gasteiger partial charge in [0.25, 0.3) is 0 Å². The van der Waals surface area contributed by atoms with Gasteiger partial charge in [0.15, 0.2) is 0 Å². The highest BCUT2D eigenvalue weighted by Crippen LogP contribution is 2.27. The van der Waals surface area contributed by atoms with Crippen molar-refractivity contribution in [1.29, 1.82) is 0 Å². The van der Waals surface area contributed by atoms with E-state index in [-0.39, 0.29) is 12.3 Å². The monoisotopic (exact) mass is 612 g/mol. The summed E-state index contributed by atoms with van der Waals surface area (Å²) in [6, 6.07) is 26.0. The molecule has 4 aromatic carbocycles. The number of rotatable bonds is 6. The van der Waals surface area contributed by atoms with Gasteiger partial charge in [0.2, 0.25) is 5.91 Å². The third-order valence-corrected chi connectivity index (χ3v) is 6.53. The number of benzene rings is 4. The Morgan fingerprint density at radius 2 is 1.61 bits per heavy atom. The highest BCUT2D eigenvalue weighted by molar-refractivity contribution is 14.1. The fourth-order valence-electron chi connectivity index (χ4n) is 3.28. The van der Waals surface area contributed by atoms with E-state index in [0.717, 1.165) is 29.9 Å². The Bertz CT molecular complexity index is 1350. The smallest absolute Gasteiger partial charge is 0.344 e. The summed E-state index contributed by atoms with van der Waals surface area (Å²) < 4.78 is 7.25. The molecule has 0 bridgehead atoms. The van der Waals surface area contributed by atoms with Crippen molar-refractivity contribution in [3.63, 3.8) is 0 Å². The molecule has 5 nitrogen and oxygen atoms in total. The van der Waals surface area contributed by atoms with E-state index in [9.17, 15) is 9.59 Å². The van der Waals surface area contributed by atoms with Gasteiger partial charge in [-0.2, -0.15) is 5.10 Å². The Morgan fingerprint density at radius 3 is 2.36 bits per heavy atom. The molecule has 0 aliphatic heterocycles. The van der Waals surface area contributed by atoms with Gasteiger partial charge < -0.3 is 4.74 Å². The molecule has 0 heterocycles. The highest BCUT2D eigenvalue weighted by Gasteiger charge is 2.12. The molecule has 0 saturated heterocycles. The average Bonchev–Trinajstić information content (AvgIpc) is 2.82. The first-order valence-corrected chi connectivity index (χ1v) is 11.9. The highest BCUT2D eigenvalue weighted by atomic mass is 127. The van der Waals surface area contributed by atoms with Gasteiger partial charge in [0, 0.05) is 8.04 Å². The molecular formula is C26H18BrIN2O3. The summed E-state index contributed by atoms with van der Waals surface area (Å²) in [4.78, 5) is 24.7. The molecule has 0 fully saturated rings. The number of carbonyl (C=O) groups excluding carboxylic acids is 2. The molecule has 7 heteroatoms. The number of hydrazone groups is 1. The number of fused-ring (bicyclic) bond motifs is 1. The van der Waals surface area contributed by atoms with E-state index in [0.29, 0.717) is 11.3 Å². The molecule has 0 aromatic heterocycles. The van der Waals surface area contributed by atoms with Crippen LogP contribution in [0.15, 0.2) is 94.5 Å². The molecule has 0 radical (unpaired) electrons. The molecule has 0 atom stereocenters. The van der Waals surface area contributed by atoms with Crippen LogP contribution in [0.2, 0.25) is 0 Å². The Morgan fingerprint density at radius 1 is 0.909 bits per heavy atom. The van der Waals surface area contributed by atoms with Crippen LogP contribution in [0.5, 0.6) is 5.75 Å². The standard InChI is InChI=1S/C26H18BrIN2O3/c27-23-14-11-18(20-5-1-2-6-21(20)23)15-25(31)30-29-16-17-9-12-19(13-10-17)33-26(32)22-7-3-4-8-24(22)28/h1-14,16H,15H2,(H,30,31)/b29-16+. The second-order valence-corrected chi connectivity index (χ2v) is 9.18. The summed E-state index contributed by atoms with van der Waals surface area (Å²) >= 11 is 5.65. The van der Waals surface area contributed by atoms with Gasteiger partial charge in [-0.1, -0.05) is 58.4 Å². The maximum Gasteiger partial charge on any atom is 0.344 e. The lowest BCUT2D eigenvalue weighted by molar-refractivity contribution is -0.120. The molecule has 1 N–H and O–H groups in total. The van der Waals surface area contributed by atoms with Crippen molar-refractivity contribution in [1.82, 2.24) is 5.43 Å². The van der Waals surface area contributed by atoms with Gasteiger partial charge in [-0.3, -0.25) is 4.79 Å².